The van der Waals surface area contributed by atoms with Crippen LogP contribution in [0.4, 0.5) is 0 Å². The molecular formula is C22H37Cl2N3S. The molecule has 0 amide bonds. The first-order chi connectivity index (χ1) is 12.7. The van der Waals surface area contributed by atoms with E-state index < -0.39 is 0 Å². The summed E-state index contributed by atoms with van der Waals surface area (Å²) in [6.07, 6.45) is 11.6. The number of rotatable bonds is 7. The van der Waals surface area contributed by atoms with Crippen LogP contribution < -0.4 is 11.1 Å². The van der Waals surface area contributed by atoms with Gasteiger partial charge in [0.2, 0.25) is 0 Å². The van der Waals surface area contributed by atoms with Crippen LogP contribution in [0.5, 0.6) is 0 Å². The molecule has 1 aromatic rings. The van der Waals surface area contributed by atoms with Crippen LogP contribution in [-0.4, -0.2) is 35.1 Å². The molecule has 1 aliphatic heterocycles. The zero-order valence-electron chi connectivity index (χ0n) is 16.9. The van der Waals surface area contributed by atoms with E-state index in [1.165, 1.54) is 44.1 Å². The van der Waals surface area contributed by atoms with Gasteiger partial charge in [0, 0.05) is 25.7 Å². The number of nitrogens with zero attached hydrogens (tertiary/aromatic N) is 1. The van der Waals surface area contributed by atoms with E-state index in [4.69, 9.17) is 18.0 Å². The number of hydrogen-bond donors (Lipinski definition) is 2. The third-order valence-corrected chi connectivity index (χ3v) is 6.55. The highest BCUT2D eigenvalue weighted by molar-refractivity contribution is 7.80. The summed E-state index contributed by atoms with van der Waals surface area (Å²) in [6.45, 7) is 3.32. The fourth-order valence-corrected chi connectivity index (χ4v) is 4.69. The van der Waals surface area contributed by atoms with Crippen molar-refractivity contribution in [2.24, 2.45) is 11.7 Å². The molecule has 1 saturated heterocycles. The molecule has 2 aliphatic rings. The molecule has 1 saturated carbocycles. The lowest BCUT2D eigenvalue weighted by Gasteiger charge is -2.33. The zero-order valence-corrected chi connectivity index (χ0v) is 19.3. The van der Waals surface area contributed by atoms with E-state index in [0.29, 0.717) is 6.04 Å². The van der Waals surface area contributed by atoms with Gasteiger partial charge in [0.25, 0.3) is 0 Å². The van der Waals surface area contributed by atoms with Crippen LogP contribution in [0.1, 0.15) is 63.4 Å². The number of halogens is 2. The zero-order chi connectivity index (χ0) is 18.2. The SMILES string of the molecule is Cl.Cl.N[C@H](CCC1CCCCC1)C(=S)NC1CCN(Cc2ccccc2)CC1. The lowest BCUT2D eigenvalue weighted by molar-refractivity contribution is 0.199. The lowest BCUT2D eigenvalue weighted by atomic mass is 9.85. The fourth-order valence-electron chi connectivity index (χ4n) is 4.41. The van der Waals surface area contributed by atoms with Crippen molar-refractivity contribution in [3.63, 3.8) is 0 Å². The smallest absolute Gasteiger partial charge is 0.0925 e. The summed E-state index contributed by atoms with van der Waals surface area (Å²) >= 11 is 5.61. The Morgan fingerprint density at radius 3 is 2.32 bits per heavy atom. The minimum atomic E-state index is 0. The molecule has 28 heavy (non-hydrogen) atoms. The molecule has 0 radical (unpaired) electrons. The van der Waals surface area contributed by atoms with Crippen molar-refractivity contribution in [3.05, 3.63) is 35.9 Å². The number of likely N-dealkylation sites (tertiary alicyclic amines) is 1. The van der Waals surface area contributed by atoms with E-state index in [-0.39, 0.29) is 30.9 Å². The molecule has 1 aromatic carbocycles. The van der Waals surface area contributed by atoms with Crippen molar-refractivity contribution in [1.82, 2.24) is 10.2 Å². The van der Waals surface area contributed by atoms with Crippen molar-refractivity contribution in [2.45, 2.75) is 76.4 Å². The van der Waals surface area contributed by atoms with Crippen LogP contribution in [0.25, 0.3) is 0 Å². The second kappa shape index (κ2) is 13.8. The molecule has 6 heteroatoms. The minimum absolute atomic E-state index is 0. The lowest BCUT2D eigenvalue weighted by Crippen LogP contribution is -2.48. The van der Waals surface area contributed by atoms with Crippen LogP contribution in [0.3, 0.4) is 0 Å². The summed E-state index contributed by atoms with van der Waals surface area (Å²) in [5, 5.41) is 3.57. The molecule has 2 fully saturated rings. The van der Waals surface area contributed by atoms with Gasteiger partial charge in [-0.1, -0.05) is 74.7 Å². The molecule has 3 nitrogen and oxygen atoms in total. The van der Waals surface area contributed by atoms with Crippen molar-refractivity contribution >= 4 is 42.0 Å². The molecule has 1 heterocycles. The average molecular weight is 447 g/mol. The van der Waals surface area contributed by atoms with Crippen molar-refractivity contribution in [1.29, 1.82) is 0 Å². The summed E-state index contributed by atoms with van der Waals surface area (Å²) in [7, 11) is 0. The fraction of sp³-hybridized carbons (Fsp3) is 0.682. The Balaban J connectivity index is 0.00000196. The maximum Gasteiger partial charge on any atom is 0.0925 e. The van der Waals surface area contributed by atoms with Gasteiger partial charge in [-0.25, -0.2) is 0 Å². The van der Waals surface area contributed by atoms with E-state index >= 15 is 0 Å². The Morgan fingerprint density at radius 2 is 1.68 bits per heavy atom. The Hall–Kier alpha value is -0.390. The van der Waals surface area contributed by atoms with E-state index in [9.17, 15) is 0 Å². The van der Waals surface area contributed by atoms with Gasteiger partial charge in [0.05, 0.1) is 11.0 Å². The largest absolute Gasteiger partial charge is 0.376 e. The van der Waals surface area contributed by atoms with Crippen molar-refractivity contribution in [2.75, 3.05) is 13.1 Å². The van der Waals surface area contributed by atoms with Crippen LogP contribution >= 0.6 is 37.0 Å². The molecule has 0 bridgehead atoms. The summed E-state index contributed by atoms with van der Waals surface area (Å²) < 4.78 is 0. The Morgan fingerprint density at radius 1 is 1.04 bits per heavy atom. The van der Waals surface area contributed by atoms with Crippen molar-refractivity contribution in [3.8, 4) is 0 Å². The number of hydrogen-bond acceptors (Lipinski definition) is 3. The van der Waals surface area contributed by atoms with Crippen LogP contribution in [-0.2, 0) is 6.54 Å². The Bertz CT molecular complexity index is 544. The van der Waals surface area contributed by atoms with Gasteiger partial charge in [-0.15, -0.1) is 24.8 Å². The predicted octanol–water partition coefficient (Wildman–Crippen LogP) is 5.10. The van der Waals surface area contributed by atoms with E-state index in [1.54, 1.807) is 0 Å². The van der Waals surface area contributed by atoms with Crippen LogP contribution in [0.15, 0.2) is 30.3 Å². The van der Waals surface area contributed by atoms with Gasteiger partial charge in [0.15, 0.2) is 0 Å². The topological polar surface area (TPSA) is 41.3 Å². The third-order valence-electron chi connectivity index (χ3n) is 6.13. The molecule has 1 aliphatic carbocycles. The quantitative estimate of drug-likeness (QED) is 0.572. The summed E-state index contributed by atoms with van der Waals surface area (Å²) in [5.74, 6) is 0.888. The number of thiocarbonyl (C=S) groups is 1. The van der Waals surface area contributed by atoms with Gasteiger partial charge in [-0.3, -0.25) is 4.90 Å². The van der Waals surface area contributed by atoms with Gasteiger partial charge >= 0.3 is 0 Å². The first-order valence-electron chi connectivity index (χ1n) is 10.5. The maximum absolute atomic E-state index is 6.37. The summed E-state index contributed by atoms with van der Waals surface area (Å²) in [5.41, 5.74) is 7.77. The minimum Gasteiger partial charge on any atom is -0.376 e. The van der Waals surface area contributed by atoms with E-state index in [0.717, 1.165) is 49.8 Å². The van der Waals surface area contributed by atoms with Crippen LogP contribution in [0, 0.1) is 5.92 Å². The molecule has 0 aromatic heterocycles. The molecular weight excluding hydrogens is 409 g/mol. The standard InChI is InChI=1S/C22H35N3S.2ClH/c23-21(12-11-18-7-3-1-4-8-18)22(26)24-20-13-15-25(16-14-20)17-19-9-5-2-6-10-19;;/h2,5-6,9-10,18,20-21H,1,3-4,7-8,11-17,23H2,(H,24,26);2*1H/t21-;;/m1../s1. The molecule has 3 N–H and O–H groups in total. The highest BCUT2D eigenvalue weighted by Gasteiger charge is 2.22. The maximum atomic E-state index is 6.37. The van der Waals surface area contributed by atoms with Gasteiger partial charge in [-0.2, -0.15) is 0 Å². The molecule has 160 valence electrons. The predicted molar refractivity (Wildman–Crippen MR) is 129 cm³/mol. The number of nitrogens with one attached hydrogen (secondary N) is 1. The Labute approximate surface area is 189 Å². The van der Waals surface area contributed by atoms with Crippen molar-refractivity contribution < 1.29 is 0 Å². The average Bonchev–Trinajstić information content (AvgIpc) is 2.69. The highest BCUT2D eigenvalue weighted by Crippen LogP contribution is 2.27. The normalized spacial score (nSPS) is 19.9. The van der Waals surface area contributed by atoms with Crippen LogP contribution in [0.2, 0.25) is 0 Å². The van der Waals surface area contributed by atoms with E-state index in [1.807, 2.05) is 0 Å². The summed E-state index contributed by atoms with van der Waals surface area (Å²) in [6, 6.07) is 11.3. The van der Waals surface area contributed by atoms with Gasteiger partial charge in [-0.05, 0) is 37.2 Å². The Kier molecular flexibility index (Phi) is 12.6. The first kappa shape index (κ1) is 25.6. The van der Waals surface area contributed by atoms with E-state index in [2.05, 4.69) is 40.5 Å². The second-order valence-electron chi connectivity index (χ2n) is 8.23. The third kappa shape index (κ3) is 8.54. The monoisotopic (exact) mass is 445 g/mol. The number of piperidine rings is 1. The second-order valence-corrected chi connectivity index (χ2v) is 8.67. The molecule has 0 unspecified atom stereocenters. The molecule has 0 spiro atoms. The highest BCUT2D eigenvalue weighted by atomic mass is 35.5. The van der Waals surface area contributed by atoms with Gasteiger partial charge in [0.1, 0.15) is 0 Å². The number of benzene rings is 1. The summed E-state index contributed by atoms with van der Waals surface area (Å²) in [4.78, 5) is 3.43. The number of nitrogens with two attached hydrogens (primary N) is 1. The molecule has 1 atom stereocenters. The molecule has 3 rings (SSSR count). The van der Waals surface area contributed by atoms with Gasteiger partial charge < -0.3 is 11.1 Å². The first-order valence-corrected chi connectivity index (χ1v) is 10.9.